The predicted molar refractivity (Wildman–Crippen MR) is 99.1 cm³/mol. The molecular weight excluding hydrogens is 346 g/mol. The second kappa shape index (κ2) is 7.02. The zero-order valence-electron chi connectivity index (χ0n) is 15.9. The summed E-state index contributed by atoms with van der Waals surface area (Å²) < 4.78 is 11.4. The van der Waals surface area contributed by atoms with Gasteiger partial charge in [0, 0.05) is 17.2 Å². The van der Waals surface area contributed by atoms with Crippen LogP contribution in [0.2, 0.25) is 0 Å². The first-order chi connectivity index (χ1) is 12.7. The number of carbonyl (C=O) groups is 3. The van der Waals surface area contributed by atoms with Crippen molar-refractivity contribution in [3.05, 3.63) is 58.9 Å². The number of benzene rings is 1. The van der Waals surface area contributed by atoms with Gasteiger partial charge in [-0.25, -0.2) is 14.2 Å². The van der Waals surface area contributed by atoms with Gasteiger partial charge in [-0.2, -0.15) is 0 Å². The molecule has 142 valence electrons. The van der Waals surface area contributed by atoms with Gasteiger partial charge in [0.25, 0.3) is 0 Å². The van der Waals surface area contributed by atoms with Crippen molar-refractivity contribution in [1.29, 1.82) is 0 Å². The van der Waals surface area contributed by atoms with Crippen LogP contribution in [0.4, 0.5) is 4.79 Å². The monoisotopic (exact) mass is 369 g/mol. The van der Waals surface area contributed by atoms with Crippen LogP contribution in [0.25, 0.3) is 0 Å². The Bertz CT molecular complexity index is 889. The Morgan fingerprint density at radius 3 is 2.44 bits per heavy atom. The Kier molecular flexibility index (Phi) is 4.91. The average molecular weight is 369 g/mol. The zero-order valence-corrected chi connectivity index (χ0v) is 15.9. The van der Waals surface area contributed by atoms with Crippen LogP contribution >= 0.6 is 0 Å². The molecule has 1 aliphatic rings. The Hall–Kier alpha value is -2.89. The van der Waals surface area contributed by atoms with E-state index in [2.05, 4.69) is 0 Å². The third-order valence-corrected chi connectivity index (χ3v) is 4.47. The van der Waals surface area contributed by atoms with E-state index in [1.165, 1.54) is 17.7 Å². The van der Waals surface area contributed by atoms with Crippen molar-refractivity contribution in [3.63, 3.8) is 0 Å². The van der Waals surface area contributed by atoms with Crippen molar-refractivity contribution in [2.45, 2.75) is 39.2 Å². The molecule has 0 aliphatic heterocycles. The zero-order chi connectivity index (χ0) is 19.8. The van der Waals surface area contributed by atoms with E-state index in [-0.39, 0.29) is 17.4 Å². The number of hydrogen-bond acceptors (Lipinski definition) is 5. The second-order valence-electron chi connectivity index (χ2n) is 7.65. The molecule has 1 aromatic heterocycles. The Morgan fingerprint density at radius 2 is 1.85 bits per heavy atom. The minimum Gasteiger partial charge on any atom is -0.464 e. The first-order valence-corrected chi connectivity index (χ1v) is 8.85. The predicted octanol–water partition coefficient (Wildman–Crippen LogP) is 3.66. The van der Waals surface area contributed by atoms with E-state index in [4.69, 9.17) is 9.47 Å². The second-order valence-corrected chi connectivity index (χ2v) is 7.65. The standard InChI is InChI=1S/C21H23NO5/c1-21(2,3)27-20(25)22-16-11-14(10-13-8-6-5-7-9-13)18(23)15(16)12-17(22)19(24)26-4/h5-9,12,14H,10-11H2,1-4H3. The van der Waals surface area contributed by atoms with E-state index in [0.717, 1.165) is 5.56 Å². The van der Waals surface area contributed by atoms with Crippen molar-refractivity contribution < 1.29 is 23.9 Å². The number of nitrogens with zero attached hydrogens (tertiary/aromatic N) is 1. The molecule has 1 aliphatic carbocycles. The third-order valence-electron chi connectivity index (χ3n) is 4.47. The Labute approximate surface area is 158 Å². The van der Waals surface area contributed by atoms with Crippen molar-refractivity contribution in [3.8, 4) is 0 Å². The fourth-order valence-corrected chi connectivity index (χ4v) is 3.35. The average Bonchev–Trinajstić information content (AvgIpc) is 3.11. The fourth-order valence-electron chi connectivity index (χ4n) is 3.35. The number of Topliss-reactive ketones (excluding diaryl/α,β-unsaturated/α-hetero) is 1. The smallest absolute Gasteiger partial charge is 0.419 e. The lowest BCUT2D eigenvalue weighted by Crippen LogP contribution is -2.30. The Balaban J connectivity index is 1.96. The number of aromatic nitrogens is 1. The first kappa shape index (κ1) is 18.9. The molecule has 0 saturated heterocycles. The Morgan fingerprint density at radius 1 is 1.19 bits per heavy atom. The maximum atomic E-state index is 12.9. The van der Waals surface area contributed by atoms with Crippen molar-refractivity contribution in [2.75, 3.05) is 7.11 Å². The van der Waals surface area contributed by atoms with Crippen LogP contribution < -0.4 is 0 Å². The molecule has 0 saturated carbocycles. The molecule has 27 heavy (non-hydrogen) atoms. The maximum absolute atomic E-state index is 12.9. The summed E-state index contributed by atoms with van der Waals surface area (Å²) in [5.74, 6) is -1.01. The number of fused-ring (bicyclic) bond motifs is 1. The number of esters is 1. The van der Waals surface area contributed by atoms with Gasteiger partial charge in [0.2, 0.25) is 0 Å². The van der Waals surface area contributed by atoms with Gasteiger partial charge in [0.15, 0.2) is 5.78 Å². The normalized spacial score (nSPS) is 16.1. The highest BCUT2D eigenvalue weighted by Gasteiger charge is 2.38. The fraction of sp³-hybridized carbons (Fsp3) is 0.381. The van der Waals surface area contributed by atoms with E-state index in [1.807, 2.05) is 30.3 Å². The summed E-state index contributed by atoms with van der Waals surface area (Å²) in [7, 11) is 1.24. The van der Waals surface area contributed by atoms with Gasteiger partial charge < -0.3 is 9.47 Å². The molecule has 1 aromatic carbocycles. The van der Waals surface area contributed by atoms with Crippen LogP contribution in [-0.4, -0.2) is 35.1 Å². The van der Waals surface area contributed by atoms with Gasteiger partial charge in [0.1, 0.15) is 11.3 Å². The molecule has 0 amide bonds. The molecule has 1 unspecified atom stereocenters. The van der Waals surface area contributed by atoms with Crippen LogP contribution in [0.5, 0.6) is 0 Å². The number of carbonyl (C=O) groups excluding carboxylic acids is 3. The van der Waals surface area contributed by atoms with Gasteiger partial charge in [-0.05, 0) is 45.2 Å². The van der Waals surface area contributed by atoms with E-state index in [0.29, 0.717) is 24.1 Å². The number of ether oxygens (including phenoxy) is 2. The first-order valence-electron chi connectivity index (χ1n) is 8.85. The molecule has 0 radical (unpaired) electrons. The maximum Gasteiger partial charge on any atom is 0.419 e. The molecule has 6 nitrogen and oxygen atoms in total. The van der Waals surface area contributed by atoms with E-state index < -0.39 is 17.7 Å². The number of rotatable bonds is 3. The van der Waals surface area contributed by atoms with Gasteiger partial charge >= 0.3 is 12.1 Å². The van der Waals surface area contributed by atoms with Gasteiger partial charge in [-0.15, -0.1) is 0 Å². The van der Waals surface area contributed by atoms with Crippen LogP contribution in [0, 0.1) is 5.92 Å². The third kappa shape index (κ3) is 3.79. The van der Waals surface area contributed by atoms with Crippen molar-refractivity contribution >= 4 is 17.8 Å². The number of ketones is 1. The number of methoxy groups -OCH3 is 1. The summed E-state index contributed by atoms with van der Waals surface area (Å²) in [5, 5.41) is 0. The molecule has 0 bridgehead atoms. The molecule has 6 heteroatoms. The van der Waals surface area contributed by atoms with E-state index in [1.54, 1.807) is 20.8 Å². The molecular formula is C21H23NO5. The van der Waals surface area contributed by atoms with E-state index >= 15 is 0 Å². The van der Waals surface area contributed by atoms with Crippen LogP contribution in [0.3, 0.4) is 0 Å². The SMILES string of the molecule is COC(=O)c1cc2c(n1C(=O)OC(C)(C)C)CC(Cc1ccccc1)C2=O. The summed E-state index contributed by atoms with van der Waals surface area (Å²) in [4.78, 5) is 37.7. The molecule has 0 N–H and O–H groups in total. The van der Waals surface area contributed by atoms with Gasteiger partial charge in [-0.3, -0.25) is 4.79 Å². The van der Waals surface area contributed by atoms with Crippen molar-refractivity contribution in [1.82, 2.24) is 4.57 Å². The van der Waals surface area contributed by atoms with Crippen LogP contribution in [0.15, 0.2) is 36.4 Å². The lowest BCUT2D eigenvalue weighted by atomic mass is 9.96. The summed E-state index contributed by atoms with van der Waals surface area (Å²) in [5.41, 5.74) is 1.24. The number of hydrogen-bond donors (Lipinski definition) is 0. The van der Waals surface area contributed by atoms with Crippen molar-refractivity contribution in [2.24, 2.45) is 5.92 Å². The lowest BCUT2D eigenvalue weighted by molar-refractivity contribution is 0.0479. The molecule has 0 fully saturated rings. The minimum atomic E-state index is -0.728. The van der Waals surface area contributed by atoms with Gasteiger partial charge in [-0.1, -0.05) is 30.3 Å². The van der Waals surface area contributed by atoms with E-state index in [9.17, 15) is 14.4 Å². The highest BCUT2D eigenvalue weighted by molar-refractivity contribution is 6.06. The summed E-state index contributed by atoms with van der Waals surface area (Å²) >= 11 is 0. The molecule has 2 aromatic rings. The van der Waals surface area contributed by atoms with Crippen LogP contribution in [0.1, 0.15) is 52.9 Å². The van der Waals surface area contributed by atoms with Crippen LogP contribution in [-0.2, 0) is 22.3 Å². The minimum absolute atomic E-state index is 0.0169. The quantitative estimate of drug-likeness (QED) is 0.772. The largest absolute Gasteiger partial charge is 0.464 e. The molecule has 0 spiro atoms. The summed E-state index contributed by atoms with van der Waals surface area (Å²) in [6.07, 6.45) is 0.271. The topological polar surface area (TPSA) is 74.6 Å². The summed E-state index contributed by atoms with van der Waals surface area (Å²) in [6.45, 7) is 5.24. The summed E-state index contributed by atoms with van der Waals surface area (Å²) in [6, 6.07) is 11.2. The molecule has 3 rings (SSSR count). The molecule has 1 atom stereocenters. The highest BCUT2D eigenvalue weighted by atomic mass is 16.6. The highest BCUT2D eigenvalue weighted by Crippen LogP contribution is 2.33. The van der Waals surface area contributed by atoms with Gasteiger partial charge in [0.05, 0.1) is 7.11 Å². The molecule has 1 heterocycles. The lowest BCUT2D eigenvalue weighted by Gasteiger charge is -2.21.